The standard InChI is InChI=1S/2C13H11ClN2O2.2C6H6N2O.Cu/c2*1-8-10(14)5-2-6-11(8)16-12-9(13(17)18)4-3-7-15-12;2*7-6(9)5-1-3-8-4-2-5;/h2*2-7H,1H3,(H,15,16)(H,17,18);2*1-4H,(H2,7,9);/q;;;;+2/p-2. The number of carboxylic acids is 2. The minimum absolute atomic E-state index is 0. The maximum absolute atomic E-state index is 10.9. The van der Waals surface area contributed by atoms with Crippen LogP contribution in [0.5, 0.6) is 0 Å². The first-order chi connectivity index (χ1) is 25.8. The fourth-order valence-electron chi connectivity index (χ4n) is 4.11. The van der Waals surface area contributed by atoms with Gasteiger partial charge in [-0.1, -0.05) is 35.3 Å². The van der Waals surface area contributed by atoms with E-state index < -0.39 is 23.8 Å². The number of hydrogen-bond acceptors (Lipinski definition) is 12. The molecule has 4 heterocycles. The fourth-order valence-corrected chi connectivity index (χ4v) is 4.46. The molecule has 0 fully saturated rings. The zero-order valence-electron chi connectivity index (χ0n) is 29.0. The number of nitrogens with one attached hydrogen (secondary N) is 2. The molecule has 14 nitrogen and oxygen atoms in total. The first-order valence-electron chi connectivity index (χ1n) is 15.6. The molecular weight excluding hydrogens is 799 g/mol. The van der Waals surface area contributed by atoms with Crippen molar-refractivity contribution in [2.45, 2.75) is 13.8 Å². The van der Waals surface area contributed by atoms with Crippen LogP contribution in [0.2, 0.25) is 10.0 Å². The number of aromatic nitrogens is 4. The third-order valence-electron chi connectivity index (χ3n) is 7.03. The Morgan fingerprint density at radius 1 is 0.545 bits per heavy atom. The molecule has 6 aromatic rings. The van der Waals surface area contributed by atoms with Gasteiger partial charge in [0.15, 0.2) is 0 Å². The molecule has 2 amide bonds. The predicted molar refractivity (Wildman–Crippen MR) is 202 cm³/mol. The minimum atomic E-state index is -1.27. The monoisotopic (exact) mass is 829 g/mol. The number of aromatic carboxylic acids is 2. The van der Waals surface area contributed by atoms with E-state index in [4.69, 9.17) is 34.7 Å². The van der Waals surface area contributed by atoms with E-state index in [1.807, 2.05) is 13.8 Å². The summed E-state index contributed by atoms with van der Waals surface area (Å²) in [5.41, 5.74) is 14.0. The van der Waals surface area contributed by atoms with E-state index in [1.165, 1.54) is 49.3 Å². The number of hydrogen-bond donors (Lipinski definition) is 4. The van der Waals surface area contributed by atoms with Crippen LogP contribution in [0.15, 0.2) is 122 Å². The van der Waals surface area contributed by atoms with Gasteiger partial charge in [-0.05, 0) is 97.8 Å². The molecule has 0 atom stereocenters. The number of carbonyl (C=O) groups excluding carboxylic acids is 4. The number of amides is 2. The molecule has 0 spiro atoms. The Balaban J connectivity index is 0.000000265. The summed E-state index contributed by atoms with van der Waals surface area (Å²) in [7, 11) is 0. The van der Waals surface area contributed by atoms with Crippen molar-refractivity contribution in [1.29, 1.82) is 0 Å². The van der Waals surface area contributed by atoms with Crippen LogP contribution >= 0.6 is 23.2 Å². The van der Waals surface area contributed by atoms with Gasteiger partial charge in [0.1, 0.15) is 11.6 Å². The molecule has 6 rings (SSSR count). The molecule has 0 saturated heterocycles. The summed E-state index contributed by atoms with van der Waals surface area (Å²) >= 11 is 12.0. The molecule has 4 aromatic heterocycles. The van der Waals surface area contributed by atoms with E-state index in [0.717, 1.165) is 11.1 Å². The number of anilines is 4. The van der Waals surface area contributed by atoms with Gasteiger partial charge in [-0.15, -0.1) is 0 Å². The Hall–Kier alpha value is -6.38. The van der Waals surface area contributed by atoms with Crippen molar-refractivity contribution < 1.29 is 46.5 Å². The van der Waals surface area contributed by atoms with Gasteiger partial charge in [0.2, 0.25) is 11.8 Å². The van der Waals surface area contributed by atoms with Crippen molar-refractivity contribution in [1.82, 2.24) is 19.9 Å². The molecule has 6 N–H and O–H groups in total. The molecule has 1 radical (unpaired) electrons. The van der Waals surface area contributed by atoms with Crippen LogP contribution in [-0.4, -0.2) is 43.7 Å². The Kier molecular flexibility index (Phi) is 18.4. The molecule has 0 bridgehead atoms. The number of carboxylic acid groups (broad SMARTS) is 2. The first kappa shape index (κ1) is 44.8. The molecule has 0 unspecified atom stereocenters. The van der Waals surface area contributed by atoms with Crippen LogP contribution in [0, 0.1) is 13.8 Å². The van der Waals surface area contributed by atoms with Crippen molar-refractivity contribution >= 4 is 70.0 Å². The number of nitrogens with zero attached hydrogens (tertiary/aromatic N) is 4. The minimum Gasteiger partial charge on any atom is -0.545 e. The largest absolute Gasteiger partial charge is 2.00 e. The molecule has 0 saturated carbocycles. The van der Waals surface area contributed by atoms with Gasteiger partial charge in [-0.25, -0.2) is 9.97 Å². The van der Waals surface area contributed by atoms with Crippen molar-refractivity contribution in [2.75, 3.05) is 10.6 Å². The Bertz CT molecular complexity index is 2060. The summed E-state index contributed by atoms with van der Waals surface area (Å²) in [5, 5.41) is 29.0. The van der Waals surface area contributed by atoms with Crippen LogP contribution in [-0.2, 0) is 17.1 Å². The Labute approximate surface area is 336 Å². The second kappa shape index (κ2) is 22.6. The van der Waals surface area contributed by atoms with E-state index in [0.29, 0.717) is 32.5 Å². The van der Waals surface area contributed by atoms with Gasteiger partial charge in [-0.3, -0.25) is 19.6 Å². The van der Waals surface area contributed by atoms with E-state index in [9.17, 15) is 29.4 Å². The number of benzene rings is 2. The van der Waals surface area contributed by atoms with Crippen molar-refractivity contribution in [3.63, 3.8) is 0 Å². The third kappa shape index (κ3) is 14.2. The van der Waals surface area contributed by atoms with Crippen LogP contribution in [0.4, 0.5) is 23.0 Å². The average molecular weight is 831 g/mol. The van der Waals surface area contributed by atoms with Gasteiger partial charge in [0.25, 0.3) is 0 Å². The molecular formula is C38H32Cl2CuN8O6. The summed E-state index contributed by atoms with van der Waals surface area (Å²) in [5.74, 6) is -2.91. The van der Waals surface area contributed by atoms with Crippen LogP contribution in [0.25, 0.3) is 0 Å². The van der Waals surface area contributed by atoms with Gasteiger partial charge >= 0.3 is 17.1 Å². The van der Waals surface area contributed by atoms with Crippen LogP contribution < -0.4 is 32.3 Å². The zero-order chi connectivity index (χ0) is 39.6. The summed E-state index contributed by atoms with van der Waals surface area (Å²) in [4.78, 5) is 58.1. The smallest absolute Gasteiger partial charge is 0.545 e. The van der Waals surface area contributed by atoms with Gasteiger partial charge in [0, 0.05) is 80.9 Å². The zero-order valence-corrected chi connectivity index (χ0v) is 31.5. The fraction of sp³-hybridized carbons (Fsp3) is 0.0526. The molecule has 285 valence electrons. The number of pyridine rings is 4. The van der Waals surface area contributed by atoms with Crippen molar-refractivity contribution in [2.24, 2.45) is 11.5 Å². The summed E-state index contributed by atoms with van der Waals surface area (Å²) in [6.45, 7) is 3.68. The van der Waals surface area contributed by atoms with E-state index in [-0.39, 0.29) is 39.8 Å². The number of primary amides is 2. The number of rotatable bonds is 8. The number of carbonyl (C=O) groups is 4. The van der Waals surface area contributed by atoms with Gasteiger partial charge in [-0.2, -0.15) is 0 Å². The Morgan fingerprint density at radius 3 is 1.18 bits per heavy atom. The summed E-state index contributed by atoms with van der Waals surface area (Å²) in [6.07, 6.45) is 9.13. The SMILES string of the molecule is Cc1c(Cl)cccc1Nc1ncccc1C(=O)[O-].Cc1c(Cl)cccc1Nc1ncccc1C(=O)[O-].NC(=O)c1ccncc1.NC(=O)c1ccncc1.[Cu+2]. The first-order valence-corrected chi connectivity index (χ1v) is 16.3. The number of nitrogens with two attached hydrogens (primary N) is 2. The van der Waals surface area contributed by atoms with Gasteiger partial charge < -0.3 is 41.9 Å². The molecule has 0 aliphatic rings. The quantitative estimate of drug-likeness (QED) is 0.153. The third-order valence-corrected chi connectivity index (χ3v) is 7.85. The van der Waals surface area contributed by atoms with Crippen LogP contribution in [0.1, 0.15) is 52.6 Å². The summed E-state index contributed by atoms with van der Waals surface area (Å²) < 4.78 is 0. The second-order valence-electron chi connectivity index (χ2n) is 10.6. The van der Waals surface area contributed by atoms with Crippen LogP contribution in [0.3, 0.4) is 0 Å². The number of halogens is 2. The van der Waals surface area contributed by atoms with E-state index in [2.05, 4.69) is 30.6 Å². The maximum Gasteiger partial charge on any atom is 2.00 e. The molecule has 2 aromatic carbocycles. The molecule has 0 aliphatic carbocycles. The van der Waals surface area contributed by atoms with Crippen molar-refractivity contribution in [3.05, 3.63) is 166 Å². The van der Waals surface area contributed by atoms with Crippen molar-refractivity contribution in [3.8, 4) is 0 Å². The Morgan fingerprint density at radius 2 is 0.891 bits per heavy atom. The predicted octanol–water partition coefficient (Wildman–Crippen LogP) is 4.66. The molecule has 55 heavy (non-hydrogen) atoms. The molecule has 17 heteroatoms. The average Bonchev–Trinajstić information content (AvgIpc) is 3.17. The summed E-state index contributed by atoms with van der Waals surface area (Å²) in [6, 6.07) is 22.9. The van der Waals surface area contributed by atoms with E-state index in [1.54, 1.807) is 72.8 Å². The van der Waals surface area contributed by atoms with E-state index >= 15 is 0 Å². The van der Waals surface area contributed by atoms with Gasteiger partial charge in [0.05, 0.1) is 11.9 Å². The molecule has 0 aliphatic heterocycles. The second-order valence-corrected chi connectivity index (χ2v) is 11.5. The topological polar surface area (TPSA) is 242 Å². The normalized spacial score (nSPS) is 9.53. The maximum atomic E-state index is 10.9.